The Bertz CT molecular complexity index is 204. The molecule has 0 fully saturated rings. The molecular weight excluding hydrogens is 264 g/mol. The van der Waals surface area contributed by atoms with Crippen molar-refractivity contribution in [2.24, 2.45) is 23.7 Å². The van der Waals surface area contributed by atoms with Crippen molar-refractivity contribution in [3.05, 3.63) is 0 Å². The Morgan fingerprint density at radius 2 is 0.909 bits per heavy atom. The zero-order valence-electron chi connectivity index (χ0n) is 16.8. The highest BCUT2D eigenvalue weighted by Gasteiger charge is 2.24. The van der Waals surface area contributed by atoms with Gasteiger partial charge in [0.05, 0.1) is 0 Å². The molecule has 0 radical (unpaired) electrons. The maximum absolute atomic E-state index is 2.54. The van der Waals surface area contributed by atoms with E-state index in [4.69, 9.17) is 0 Å². The molecule has 0 saturated heterocycles. The predicted molar refractivity (Wildman–Crippen MR) is 103 cm³/mol. The van der Waals surface area contributed by atoms with Crippen LogP contribution in [-0.4, -0.2) is 0 Å². The van der Waals surface area contributed by atoms with E-state index in [9.17, 15) is 0 Å². The molecule has 0 bridgehead atoms. The van der Waals surface area contributed by atoms with Crippen LogP contribution in [0.2, 0.25) is 0 Å². The second-order valence-electron chi connectivity index (χ2n) is 8.13. The molecule has 22 heavy (non-hydrogen) atoms. The van der Waals surface area contributed by atoms with E-state index in [1.807, 2.05) is 0 Å². The van der Waals surface area contributed by atoms with Crippen LogP contribution in [0.3, 0.4) is 0 Å². The van der Waals surface area contributed by atoms with Crippen molar-refractivity contribution in [3.8, 4) is 0 Å². The summed E-state index contributed by atoms with van der Waals surface area (Å²) in [5.74, 6) is 3.58. The average Bonchev–Trinajstić information content (AvgIpc) is 2.51. The summed E-state index contributed by atoms with van der Waals surface area (Å²) in [5, 5.41) is 0. The minimum absolute atomic E-state index is 0.831. The van der Waals surface area contributed by atoms with Crippen molar-refractivity contribution in [1.29, 1.82) is 0 Å². The summed E-state index contributed by atoms with van der Waals surface area (Å²) in [6.45, 7) is 14.4. The molecule has 0 aromatic rings. The van der Waals surface area contributed by atoms with Crippen LogP contribution in [0.5, 0.6) is 0 Å². The molecule has 0 aliphatic rings. The Balaban J connectivity index is 4.18. The Hall–Kier alpha value is 0. The Morgan fingerprint density at radius 1 is 0.500 bits per heavy atom. The molecule has 2 unspecified atom stereocenters. The molecule has 0 nitrogen and oxygen atoms in total. The summed E-state index contributed by atoms with van der Waals surface area (Å²) in [7, 11) is 0. The fourth-order valence-electron chi connectivity index (χ4n) is 3.73. The van der Waals surface area contributed by atoms with E-state index in [-0.39, 0.29) is 0 Å². The van der Waals surface area contributed by atoms with Gasteiger partial charge in [0.25, 0.3) is 0 Å². The van der Waals surface area contributed by atoms with E-state index >= 15 is 0 Å². The SMILES string of the molecule is CCCCCCCC(CCCCCCC)C(C)C(C)C(C)C. The zero-order chi connectivity index (χ0) is 16.8. The molecule has 0 N–H and O–H groups in total. The first-order chi connectivity index (χ1) is 10.5. The van der Waals surface area contributed by atoms with Crippen LogP contribution in [0, 0.1) is 23.7 Å². The third-order valence-corrected chi connectivity index (χ3v) is 5.98. The lowest BCUT2D eigenvalue weighted by molar-refractivity contribution is 0.185. The van der Waals surface area contributed by atoms with Crippen LogP contribution in [-0.2, 0) is 0 Å². The number of rotatable bonds is 15. The highest BCUT2D eigenvalue weighted by atomic mass is 14.3. The molecule has 0 amide bonds. The molecule has 0 saturated carbocycles. The Labute approximate surface area is 142 Å². The van der Waals surface area contributed by atoms with Gasteiger partial charge in [-0.05, 0) is 23.7 Å². The van der Waals surface area contributed by atoms with Gasteiger partial charge in [-0.15, -0.1) is 0 Å². The van der Waals surface area contributed by atoms with Gasteiger partial charge >= 0.3 is 0 Å². The van der Waals surface area contributed by atoms with Crippen molar-refractivity contribution in [1.82, 2.24) is 0 Å². The number of hydrogen-bond acceptors (Lipinski definition) is 0. The molecule has 0 heterocycles. The van der Waals surface area contributed by atoms with Gasteiger partial charge in [0, 0.05) is 0 Å². The number of hydrogen-bond donors (Lipinski definition) is 0. The lowest BCUT2D eigenvalue weighted by Crippen LogP contribution is -2.23. The quantitative estimate of drug-likeness (QED) is 0.267. The van der Waals surface area contributed by atoms with Gasteiger partial charge in [0.1, 0.15) is 0 Å². The van der Waals surface area contributed by atoms with Gasteiger partial charge in [-0.1, -0.05) is 119 Å². The molecular formula is C22H46. The molecule has 0 aliphatic heterocycles. The first-order valence-electron chi connectivity index (χ1n) is 10.5. The molecule has 0 aromatic carbocycles. The maximum Gasteiger partial charge on any atom is -0.0386 e. The van der Waals surface area contributed by atoms with Gasteiger partial charge in [-0.25, -0.2) is 0 Å². The molecule has 0 spiro atoms. The van der Waals surface area contributed by atoms with E-state index in [1.54, 1.807) is 0 Å². The molecule has 0 aliphatic carbocycles. The van der Waals surface area contributed by atoms with E-state index in [0.29, 0.717) is 0 Å². The smallest absolute Gasteiger partial charge is 0.0386 e. The lowest BCUT2D eigenvalue weighted by Gasteiger charge is -2.31. The van der Waals surface area contributed by atoms with Crippen LogP contribution in [0.25, 0.3) is 0 Å². The maximum atomic E-state index is 2.54. The normalized spacial score (nSPS) is 14.7. The van der Waals surface area contributed by atoms with E-state index in [2.05, 4.69) is 41.5 Å². The average molecular weight is 311 g/mol. The van der Waals surface area contributed by atoms with Gasteiger partial charge in [-0.3, -0.25) is 0 Å². The minimum atomic E-state index is 0.831. The van der Waals surface area contributed by atoms with Crippen LogP contribution in [0.15, 0.2) is 0 Å². The Morgan fingerprint density at radius 3 is 1.27 bits per heavy atom. The molecule has 2 atom stereocenters. The van der Waals surface area contributed by atoms with Crippen molar-refractivity contribution < 1.29 is 0 Å². The first kappa shape index (κ1) is 22.0. The highest BCUT2D eigenvalue weighted by molar-refractivity contribution is 4.74. The van der Waals surface area contributed by atoms with Crippen molar-refractivity contribution in [2.45, 2.75) is 119 Å². The minimum Gasteiger partial charge on any atom is -0.0654 e. The summed E-state index contributed by atoms with van der Waals surface area (Å²) in [5.41, 5.74) is 0. The van der Waals surface area contributed by atoms with Crippen LogP contribution < -0.4 is 0 Å². The summed E-state index contributed by atoms with van der Waals surface area (Å²) in [6.07, 6.45) is 17.3. The molecule has 134 valence electrons. The van der Waals surface area contributed by atoms with Crippen molar-refractivity contribution in [3.63, 3.8) is 0 Å². The molecule has 0 aromatic heterocycles. The largest absolute Gasteiger partial charge is 0.0654 e. The fraction of sp³-hybridized carbons (Fsp3) is 1.00. The summed E-state index contributed by atoms with van der Waals surface area (Å²) >= 11 is 0. The fourth-order valence-corrected chi connectivity index (χ4v) is 3.73. The lowest BCUT2D eigenvalue weighted by atomic mass is 9.74. The van der Waals surface area contributed by atoms with Gasteiger partial charge in [0.15, 0.2) is 0 Å². The monoisotopic (exact) mass is 310 g/mol. The van der Waals surface area contributed by atoms with Crippen LogP contribution >= 0.6 is 0 Å². The second-order valence-corrected chi connectivity index (χ2v) is 8.13. The standard InChI is InChI=1S/C22H46/c1-7-9-11-13-15-17-22(18-16-14-12-10-8-2)21(6)20(5)19(3)4/h19-22H,7-18H2,1-6H3. The van der Waals surface area contributed by atoms with Gasteiger partial charge < -0.3 is 0 Å². The van der Waals surface area contributed by atoms with Crippen LogP contribution in [0.4, 0.5) is 0 Å². The highest BCUT2D eigenvalue weighted by Crippen LogP contribution is 2.33. The second kappa shape index (κ2) is 14.6. The predicted octanol–water partition coefficient (Wildman–Crippen LogP) is 8.25. The third kappa shape index (κ3) is 10.7. The molecule has 0 heteroatoms. The topological polar surface area (TPSA) is 0 Å². The van der Waals surface area contributed by atoms with Crippen LogP contribution in [0.1, 0.15) is 119 Å². The third-order valence-electron chi connectivity index (χ3n) is 5.98. The molecule has 0 rings (SSSR count). The first-order valence-corrected chi connectivity index (χ1v) is 10.5. The summed E-state index contributed by atoms with van der Waals surface area (Å²) < 4.78 is 0. The van der Waals surface area contributed by atoms with E-state index in [0.717, 1.165) is 23.7 Å². The zero-order valence-corrected chi connectivity index (χ0v) is 16.8. The van der Waals surface area contributed by atoms with Gasteiger partial charge in [-0.2, -0.15) is 0 Å². The summed E-state index contributed by atoms with van der Waals surface area (Å²) in [6, 6.07) is 0. The van der Waals surface area contributed by atoms with E-state index < -0.39 is 0 Å². The van der Waals surface area contributed by atoms with Gasteiger partial charge in [0.2, 0.25) is 0 Å². The van der Waals surface area contributed by atoms with Crippen molar-refractivity contribution in [2.75, 3.05) is 0 Å². The van der Waals surface area contributed by atoms with E-state index in [1.165, 1.54) is 77.0 Å². The Kier molecular flexibility index (Phi) is 14.6. The van der Waals surface area contributed by atoms with Crippen molar-refractivity contribution >= 4 is 0 Å². The summed E-state index contributed by atoms with van der Waals surface area (Å²) in [4.78, 5) is 0. The number of unbranched alkanes of at least 4 members (excludes halogenated alkanes) is 8.